The average molecular weight is 237 g/mol. The Balaban J connectivity index is 2.35. The van der Waals surface area contributed by atoms with Crippen molar-refractivity contribution in [3.63, 3.8) is 0 Å². The van der Waals surface area contributed by atoms with Gasteiger partial charge in [0, 0.05) is 30.8 Å². The largest absolute Gasteiger partial charge is 0.312 e. The molecule has 1 aromatic rings. The average Bonchev–Trinajstić information content (AvgIpc) is 2.30. The number of hydrogen-bond acceptors (Lipinski definition) is 4. The van der Waals surface area contributed by atoms with Gasteiger partial charge in [0.25, 0.3) is 0 Å². The van der Waals surface area contributed by atoms with Gasteiger partial charge in [0.2, 0.25) is 0 Å². The van der Waals surface area contributed by atoms with Crippen molar-refractivity contribution in [1.82, 2.24) is 15.3 Å². The fraction of sp³-hybridized carbons (Fsp3) is 0.667. The standard InChI is InChI=1S/C12H19N3S/c1-3-4-10-9-7-13-6-5-11(9)15-12(14-10)8-16-2/h13H,3-8H2,1-2H3. The van der Waals surface area contributed by atoms with Gasteiger partial charge < -0.3 is 5.32 Å². The van der Waals surface area contributed by atoms with Crippen LogP contribution >= 0.6 is 11.8 Å². The lowest BCUT2D eigenvalue weighted by molar-refractivity contribution is 0.610. The Kier molecular flexibility index (Phi) is 4.18. The second-order valence-electron chi connectivity index (χ2n) is 4.12. The third kappa shape index (κ3) is 2.55. The number of nitrogens with one attached hydrogen (secondary N) is 1. The molecule has 1 aliphatic heterocycles. The zero-order chi connectivity index (χ0) is 11.4. The lowest BCUT2D eigenvalue weighted by atomic mass is 10.0. The Bertz CT molecular complexity index is 366. The van der Waals surface area contributed by atoms with E-state index in [2.05, 4.69) is 23.5 Å². The number of hydrogen-bond donors (Lipinski definition) is 1. The Hall–Kier alpha value is -0.610. The molecule has 0 saturated heterocycles. The van der Waals surface area contributed by atoms with Crippen LogP contribution in [-0.2, 0) is 25.1 Å². The first-order valence-electron chi connectivity index (χ1n) is 5.92. The fourth-order valence-corrected chi connectivity index (χ4v) is 2.49. The lowest BCUT2D eigenvalue weighted by Gasteiger charge is -2.19. The third-order valence-electron chi connectivity index (χ3n) is 2.83. The molecule has 0 atom stereocenters. The highest BCUT2D eigenvalue weighted by atomic mass is 32.2. The number of nitrogens with zero attached hydrogens (tertiary/aromatic N) is 2. The predicted octanol–water partition coefficient (Wildman–Crippen LogP) is 1.94. The molecule has 88 valence electrons. The van der Waals surface area contributed by atoms with Crippen molar-refractivity contribution in [3.8, 4) is 0 Å². The molecule has 2 rings (SSSR count). The van der Waals surface area contributed by atoms with Gasteiger partial charge in [-0.1, -0.05) is 13.3 Å². The molecular weight excluding hydrogens is 218 g/mol. The van der Waals surface area contributed by atoms with Gasteiger partial charge in [-0.15, -0.1) is 0 Å². The summed E-state index contributed by atoms with van der Waals surface area (Å²) in [4.78, 5) is 9.37. The van der Waals surface area contributed by atoms with Crippen molar-refractivity contribution < 1.29 is 0 Å². The summed E-state index contributed by atoms with van der Waals surface area (Å²) in [6, 6.07) is 0. The highest BCUT2D eigenvalue weighted by Crippen LogP contribution is 2.18. The minimum absolute atomic E-state index is 0.928. The summed E-state index contributed by atoms with van der Waals surface area (Å²) in [6.07, 6.45) is 5.38. The number of fused-ring (bicyclic) bond motifs is 1. The van der Waals surface area contributed by atoms with E-state index in [1.165, 1.54) is 17.0 Å². The summed E-state index contributed by atoms with van der Waals surface area (Å²) in [5, 5.41) is 3.41. The van der Waals surface area contributed by atoms with Gasteiger partial charge in [0.05, 0.1) is 11.4 Å². The van der Waals surface area contributed by atoms with Crippen molar-refractivity contribution in [2.75, 3.05) is 12.8 Å². The lowest BCUT2D eigenvalue weighted by Crippen LogP contribution is -2.27. The zero-order valence-corrected chi connectivity index (χ0v) is 10.9. The molecule has 1 aromatic heterocycles. The monoisotopic (exact) mass is 237 g/mol. The van der Waals surface area contributed by atoms with Gasteiger partial charge >= 0.3 is 0 Å². The van der Waals surface area contributed by atoms with Gasteiger partial charge in [-0.2, -0.15) is 11.8 Å². The van der Waals surface area contributed by atoms with Crippen LogP contribution in [0.15, 0.2) is 0 Å². The van der Waals surface area contributed by atoms with E-state index in [0.717, 1.165) is 43.9 Å². The summed E-state index contributed by atoms with van der Waals surface area (Å²) in [7, 11) is 0. The van der Waals surface area contributed by atoms with Gasteiger partial charge in [-0.05, 0) is 12.7 Å². The third-order valence-corrected chi connectivity index (χ3v) is 3.37. The van der Waals surface area contributed by atoms with Crippen LogP contribution in [0, 0.1) is 0 Å². The van der Waals surface area contributed by atoms with Gasteiger partial charge in [-0.3, -0.25) is 0 Å². The van der Waals surface area contributed by atoms with Crippen LogP contribution in [0.2, 0.25) is 0 Å². The van der Waals surface area contributed by atoms with Crippen LogP contribution < -0.4 is 5.32 Å². The maximum Gasteiger partial charge on any atom is 0.138 e. The molecule has 0 fully saturated rings. The maximum atomic E-state index is 4.69. The SMILES string of the molecule is CCCc1nc(CSC)nc2c1CNCC2. The molecule has 0 spiro atoms. The van der Waals surface area contributed by atoms with E-state index in [0.29, 0.717) is 0 Å². The molecule has 0 radical (unpaired) electrons. The van der Waals surface area contributed by atoms with Crippen LogP contribution in [0.25, 0.3) is 0 Å². The van der Waals surface area contributed by atoms with E-state index >= 15 is 0 Å². The Morgan fingerprint density at radius 1 is 1.38 bits per heavy atom. The first-order valence-corrected chi connectivity index (χ1v) is 7.31. The number of aryl methyl sites for hydroxylation is 1. The summed E-state index contributed by atoms with van der Waals surface area (Å²) < 4.78 is 0. The fourth-order valence-electron chi connectivity index (χ4n) is 2.11. The van der Waals surface area contributed by atoms with Crippen LogP contribution in [0.4, 0.5) is 0 Å². The highest BCUT2D eigenvalue weighted by molar-refractivity contribution is 7.97. The van der Waals surface area contributed by atoms with E-state index < -0.39 is 0 Å². The van der Waals surface area contributed by atoms with Crippen LogP contribution in [0.5, 0.6) is 0 Å². The molecular formula is C12H19N3S. The summed E-state index contributed by atoms with van der Waals surface area (Å²) in [5.74, 6) is 1.94. The molecule has 1 aliphatic rings. The molecule has 0 aliphatic carbocycles. The smallest absolute Gasteiger partial charge is 0.138 e. The van der Waals surface area contributed by atoms with E-state index in [9.17, 15) is 0 Å². The second-order valence-corrected chi connectivity index (χ2v) is 4.99. The normalized spacial score (nSPS) is 14.9. The zero-order valence-electron chi connectivity index (χ0n) is 10.0. The van der Waals surface area contributed by atoms with Crippen LogP contribution in [-0.4, -0.2) is 22.8 Å². The van der Waals surface area contributed by atoms with Gasteiger partial charge in [0.15, 0.2) is 0 Å². The first kappa shape index (κ1) is 11.9. The molecule has 4 heteroatoms. The summed E-state index contributed by atoms with van der Waals surface area (Å²) in [6.45, 7) is 4.21. The molecule has 0 unspecified atom stereocenters. The molecule has 1 N–H and O–H groups in total. The maximum absolute atomic E-state index is 4.69. The van der Waals surface area contributed by atoms with E-state index in [1.54, 1.807) is 11.8 Å². The van der Waals surface area contributed by atoms with E-state index in [4.69, 9.17) is 4.98 Å². The van der Waals surface area contributed by atoms with Crippen molar-refractivity contribution in [3.05, 3.63) is 22.8 Å². The predicted molar refractivity (Wildman–Crippen MR) is 68.7 cm³/mol. The van der Waals surface area contributed by atoms with Crippen molar-refractivity contribution in [2.45, 2.75) is 38.5 Å². The van der Waals surface area contributed by atoms with Crippen molar-refractivity contribution in [1.29, 1.82) is 0 Å². The van der Waals surface area contributed by atoms with Crippen LogP contribution in [0.1, 0.15) is 36.1 Å². The Morgan fingerprint density at radius 2 is 2.25 bits per heavy atom. The van der Waals surface area contributed by atoms with Crippen molar-refractivity contribution >= 4 is 11.8 Å². The Labute approximate surface area is 101 Å². The molecule has 0 amide bonds. The van der Waals surface area contributed by atoms with E-state index in [1.807, 2.05) is 0 Å². The minimum Gasteiger partial charge on any atom is -0.312 e. The molecule has 0 bridgehead atoms. The van der Waals surface area contributed by atoms with Gasteiger partial charge in [0.1, 0.15) is 5.82 Å². The highest BCUT2D eigenvalue weighted by Gasteiger charge is 2.16. The number of thioether (sulfide) groups is 1. The quantitative estimate of drug-likeness (QED) is 0.868. The molecule has 16 heavy (non-hydrogen) atoms. The Morgan fingerprint density at radius 3 is 3.00 bits per heavy atom. The molecule has 2 heterocycles. The topological polar surface area (TPSA) is 37.8 Å². The minimum atomic E-state index is 0.928. The van der Waals surface area contributed by atoms with Gasteiger partial charge in [-0.25, -0.2) is 9.97 Å². The number of aromatic nitrogens is 2. The van der Waals surface area contributed by atoms with Crippen LogP contribution in [0.3, 0.4) is 0 Å². The molecule has 3 nitrogen and oxygen atoms in total. The molecule has 0 saturated carbocycles. The summed E-state index contributed by atoms with van der Waals surface area (Å²) >= 11 is 1.79. The van der Waals surface area contributed by atoms with Crippen molar-refractivity contribution in [2.24, 2.45) is 0 Å². The molecule has 0 aromatic carbocycles. The summed E-state index contributed by atoms with van der Waals surface area (Å²) in [5.41, 5.74) is 3.91. The van der Waals surface area contributed by atoms with E-state index in [-0.39, 0.29) is 0 Å². The number of rotatable bonds is 4. The second kappa shape index (κ2) is 5.64. The first-order chi connectivity index (χ1) is 7.85.